The van der Waals surface area contributed by atoms with E-state index in [-0.39, 0.29) is 6.29 Å². The molecule has 1 aliphatic rings. The van der Waals surface area contributed by atoms with Gasteiger partial charge in [0.2, 0.25) is 0 Å². The zero-order chi connectivity index (χ0) is 8.39. The number of nitrogens with two attached hydrogens (primary N) is 1. The maximum atomic E-state index is 5.76. The van der Waals surface area contributed by atoms with E-state index in [0.717, 1.165) is 5.69 Å². The Labute approximate surface area is 71.5 Å². The first-order chi connectivity index (χ1) is 5.88. The first kappa shape index (κ1) is 7.18. The molecule has 0 amide bonds. The third-order valence-corrected chi connectivity index (χ3v) is 1.86. The first-order valence-electron chi connectivity index (χ1n) is 3.89. The Morgan fingerprint density at radius 1 is 1.25 bits per heavy atom. The van der Waals surface area contributed by atoms with E-state index in [1.807, 2.05) is 47.6 Å². The van der Waals surface area contributed by atoms with Crippen molar-refractivity contribution in [2.75, 3.05) is 4.90 Å². The van der Waals surface area contributed by atoms with Crippen LogP contribution in [0.25, 0.3) is 0 Å². The fourth-order valence-corrected chi connectivity index (χ4v) is 1.24. The molecular weight excluding hydrogens is 150 g/mol. The lowest BCUT2D eigenvalue weighted by Crippen LogP contribution is -2.43. The second-order valence-corrected chi connectivity index (χ2v) is 2.67. The molecule has 0 spiro atoms. The van der Waals surface area contributed by atoms with Gasteiger partial charge in [0.25, 0.3) is 0 Å². The summed E-state index contributed by atoms with van der Waals surface area (Å²) in [6.45, 7) is 0. The molecule has 0 fully saturated rings. The minimum absolute atomic E-state index is 0.132. The van der Waals surface area contributed by atoms with Crippen molar-refractivity contribution in [1.29, 1.82) is 0 Å². The number of anilines is 1. The van der Waals surface area contributed by atoms with Gasteiger partial charge in [-0.25, -0.2) is 0 Å². The molecule has 62 valence electrons. The summed E-state index contributed by atoms with van der Waals surface area (Å²) >= 11 is 0. The number of hydrogen-bond donors (Lipinski definition) is 2. The SMILES string of the molecule is NC1NC=CN1c1ccccc1. The van der Waals surface area contributed by atoms with Gasteiger partial charge in [-0.15, -0.1) is 0 Å². The smallest absolute Gasteiger partial charge is 0.156 e. The van der Waals surface area contributed by atoms with Gasteiger partial charge < -0.3 is 10.2 Å². The topological polar surface area (TPSA) is 41.3 Å². The van der Waals surface area contributed by atoms with Crippen LogP contribution in [0.3, 0.4) is 0 Å². The van der Waals surface area contributed by atoms with Crippen molar-refractivity contribution in [1.82, 2.24) is 5.32 Å². The number of nitrogens with zero attached hydrogens (tertiary/aromatic N) is 1. The molecule has 0 aromatic heterocycles. The zero-order valence-corrected chi connectivity index (χ0v) is 6.64. The van der Waals surface area contributed by atoms with Crippen LogP contribution in [0, 0.1) is 0 Å². The van der Waals surface area contributed by atoms with Crippen LogP contribution in [-0.2, 0) is 0 Å². The lowest BCUT2D eigenvalue weighted by atomic mass is 10.3. The third kappa shape index (κ3) is 1.14. The highest BCUT2D eigenvalue weighted by Gasteiger charge is 2.14. The molecule has 2 rings (SSSR count). The molecule has 1 atom stereocenters. The summed E-state index contributed by atoms with van der Waals surface area (Å²) in [6, 6.07) is 10.0. The molecule has 1 aromatic carbocycles. The Hall–Kier alpha value is -1.48. The zero-order valence-electron chi connectivity index (χ0n) is 6.64. The second-order valence-electron chi connectivity index (χ2n) is 2.67. The fraction of sp³-hybridized carbons (Fsp3) is 0.111. The van der Waals surface area contributed by atoms with Crippen LogP contribution in [0.1, 0.15) is 0 Å². The van der Waals surface area contributed by atoms with E-state index in [1.165, 1.54) is 0 Å². The quantitative estimate of drug-likeness (QED) is 0.640. The van der Waals surface area contributed by atoms with Crippen molar-refractivity contribution in [3.05, 3.63) is 42.7 Å². The molecule has 0 bridgehead atoms. The Morgan fingerprint density at radius 3 is 2.58 bits per heavy atom. The van der Waals surface area contributed by atoms with Gasteiger partial charge in [0.15, 0.2) is 6.29 Å². The van der Waals surface area contributed by atoms with Crippen LogP contribution in [0.2, 0.25) is 0 Å². The number of rotatable bonds is 1. The molecule has 1 aromatic rings. The van der Waals surface area contributed by atoms with Crippen LogP contribution in [0.5, 0.6) is 0 Å². The molecule has 0 saturated carbocycles. The molecule has 1 unspecified atom stereocenters. The van der Waals surface area contributed by atoms with E-state index < -0.39 is 0 Å². The Bertz CT molecular complexity index is 281. The molecule has 1 heterocycles. The molecular formula is C9H11N3. The van der Waals surface area contributed by atoms with Gasteiger partial charge >= 0.3 is 0 Å². The maximum absolute atomic E-state index is 5.76. The van der Waals surface area contributed by atoms with Gasteiger partial charge in [0, 0.05) is 18.1 Å². The highest BCUT2D eigenvalue weighted by atomic mass is 15.4. The van der Waals surface area contributed by atoms with Crippen molar-refractivity contribution in [3.8, 4) is 0 Å². The Balaban J connectivity index is 2.25. The predicted octanol–water partition coefficient (Wildman–Crippen LogP) is 0.810. The largest absolute Gasteiger partial charge is 0.358 e. The van der Waals surface area contributed by atoms with Gasteiger partial charge in [-0.1, -0.05) is 18.2 Å². The molecule has 3 heteroatoms. The fourth-order valence-electron chi connectivity index (χ4n) is 1.24. The predicted molar refractivity (Wildman–Crippen MR) is 49.2 cm³/mol. The molecule has 0 radical (unpaired) electrons. The summed E-state index contributed by atoms with van der Waals surface area (Å²) in [6.07, 6.45) is 3.64. The number of hydrogen-bond acceptors (Lipinski definition) is 3. The summed E-state index contributed by atoms with van der Waals surface area (Å²) < 4.78 is 0. The molecule has 0 saturated heterocycles. The van der Waals surface area contributed by atoms with Crippen molar-refractivity contribution in [3.63, 3.8) is 0 Å². The van der Waals surface area contributed by atoms with Crippen molar-refractivity contribution < 1.29 is 0 Å². The average molecular weight is 161 g/mol. The number of benzene rings is 1. The van der Waals surface area contributed by atoms with E-state index in [0.29, 0.717) is 0 Å². The minimum atomic E-state index is -0.132. The van der Waals surface area contributed by atoms with Crippen LogP contribution in [0.4, 0.5) is 5.69 Å². The monoisotopic (exact) mass is 161 g/mol. The average Bonchev–Trinajstić information content (AvgIpc) is 2.53. The van der Waals surface area contributed by atoms with Crippen LogP contribution < -0.4 is 16.0 Å². The van der Waals surface area contributed by atoms with E-state index in [4.69, 9.17) is 5.73 Å². The van der Waals surface area contributed by atoms with E-state index >= 15 is 0 Å². The van der Waals surface area contributed by atoms with Crippen molar-refractivity contribution in [2.24, 2.45) is 5.73 Å². The summed E-state index contributed by atoms with van der Waals surface area (Å²) in [4.78, 5) is 1.97. The van der Waals surface area contributed by atoms with E-state index in [9.17, 15) is 0 Å². The lowest BCUT2D eigenvalue weighted by molar-refractivity contribution is 0.653. The van der Waals surface area contributed by atoms with Gasteiger partial charge in [0.05, 0.1) is 0 Å². The first-order valence-corrected chi connectivity index (χ1v) is 3.89. The summed E-state index contributed by atoms with van der Waals surface area (Å²) in [5.74, 6) is 0. The summed E-state index contributed by atoms with van der Waals surface area (Å²) in [5.41, 5.74) is 6.87. The normalized spacial score (nSPS) is 21.1. The molecule has 3 nitrogen and oxygen atoms in total. The highest BCUT2D eigenvalue weighted by molar-refractivity contribution is 5.50. The van der Waals surface area contributed by atoms with Crippen molar-refractivity contribution in [2.45, 2.75) is 6.29 Å². The van der Waals surface area contributed by atoms with Crippen molar-refractivity contribution >= 4 is 5.69 Å². The van der Waals surface area contributed by atoms with Crippen LogP contribution >= 0.6 is 0 Å². The van der Waals surface area contributed by atoms with Gasteiger partial charge in [-0.05, 0) is 12.1 Å². The number of nitrogens with one attached hydrogen (secondary N) is 1. The second kappa shape index (κ2) is 2.87. The van der Waals surface area contributed by atoms with Gasteiger partial charge in [-0.3, -0.25) is 5.73 Å². The summed E-state index contributed by atoms with van der Waals surface area (Å²) in [5, 5.41) is 2.99. The maximum Gasteiger partial charge on any atom is 0.156 e. The minimum Gasteiger partial charge on any atom is -0.358 e. The van der Waals surface area contributed by atoms with Crippen LogP contribution in [-0.4, -0.2) is 6.29 Å². The van der Waals surface area contributed by atoms with Crippen LogP contribution in [0.15, 0.2) is 42.7 Å². The molecule has 3 N–H and O–H groups in total. The standard InChI is InChI=1S/C9H11N3/c10-9-11-6-7-12(9)8-4-2-1-3-5-8/h1-7,9,11H,10H2. The van der Waals surface area contributed by atoms with Gasteiger partial charge in [0.1, 0.15) is 0 Å². The van der Waals surface area contributed by atoms with Gasteiger partial charge in [-0.2, -0.15) is 0 Å². The Kier molecular flexibility index (Phi) is 1.72. The van der Waals surface area contributed by atoms with E-state index in [2.05, 4.69) is 5.32 Å². The highest BCUT2D eigenvalue weighted by Crippen LogP contribution is 2.16. The molecule has 0 aliphatic carbocycles. The summed E-state index contributed by atoms with van der Waals surface area (Å²) in [7, 11) is 0. The molecule has 12 heavy (non-hydrogen) atoms. The third-order valence-electron chi connectivity index (χ3n) is 1.86. The lowest BCUT2D eigenvalue weighted by Gasteiger charge is -2.21. The Morgan fingerprint density at radius 2 is 2.00 bits per heavy atom. The molecule has 1 aliphatic heterocycles. The van der Waals surface area contributed by atoms with E-state index in [1.54, 1.807) is 0 Å². The number of para-hydroxylation sites is 1.